The number of hydrogen-bond donors (Lipinski definition) is 1. The number of rotatable bonds is 3. The van der Waals surface area contributed by atoms with Crippen molar-refractivity contribution in [3.05, 3.63) is 57.5 Å². The molecule has 1 aromatic carbocycles. The van der Waals surface area contributed by atoms with Gasteiger partial charge < -0.3 is 5.32 Å². The van der Waals surface area contributed by atoms with E-state index in [4.69, 9.17) is 0 Å². The number of amides is 1. The van der Waals surface area contributed by atoms with Crippen molar-refractivity contribution in [2.45, 2.75) is 19.3 Å². The number of nitrogens with zero attached hydrogens (tertiary/aromatic N) is 2. The fourth-order valence-electron chi connectivity index (χ4n) is 2.11. The lowest BCUT2D eigenvalue weighted by molar-refractivity contribution is -0.137. The Kier molecular flexibility index (Phi) is 5.10. The molecule has 1 N–H and O–H groups in total. The van der Waals surface area contributed by atoms with Crippen LogP contribution in [0.5, 0.6) is 0 Å². The number of hydrogen-bond acceptors (Lipinski definition) is 3. The summed E-state index contributed by atoms with van der Waals surface area (Å²) in [5.74, 6) is -1.44. The Morgan fingerprint density at radius 3 is 2.35 bits per heavy atom. The molecule has 0 spiro atoms. The van der Waals surface area contributed by atoms with Gasteiger partial charge in [0.15, 0.2) is 5.69 Å². The van der Waals surface area contributed by atoms with Gasteiger partial charge in [0.1, 0.15) is 6.54 Å². The van der Waals surface area contributed by atoms with E-state index in [-0.39, 0.29) is 5.69 Å². The minimum absolute atomic E-state index is 0.0286. The van der Waals surface area contributed by atoms with Crippen molar-refractivity contribution in [2.75, 3.05) is 6.54 Å². The van der Waals surface area contributed by atoms with Crippen molar-refractivity contribution in [3.63, 3.8) is 0 Å². The molecular formula is C15H11F6N3O2. The zero-order valence-corrected chi connectivity index (χ0v) is 13.1. The van der Waals surface area contributed by atoms with Crippen LogP contribution in [0.4, 0.5) is 26.3 Å². The number of carbonyl (C=O) groups is 1. The first-order valence-electron chi connectivity index (χ1n) is 7.02. The van der Waals surface area contributed by atoms with Gasteiger partial charge >= 0.3 is 12.4 Å². The lowest BCUT2D eigenvalue weighted by atomic mass is 10.1. The van der Waals surface area contributed by atoms with Gasteiger partial charge in [-0.1, -0.05) is 12.1 Å². The van der Waals surface area contributed by atoms with Crippen molar-refractivity contribution in [3.8, 4) is 5.69 Å². The summed E-state index contributed by atoms with van der Waals surface area (Å²) in [5.41, 5.74) is -3.54. The molecule has 0 saturated carbocycles. The average Bonchev–Trinajstić information content (AvgIpc) is 2.51. The van der Waals surface area contributed by atoms with Gasteiger partial charge in [-0.15, -0.1) is 0 Å². The number of aryl methyl sites for hydroxylation is 1. The van der Waals surface area contributed by atoms with Gasteiger partial charge in [-0.3, -0.25) is 9.59 Å². The molecule has 1 heterocycles. The van der Waals surface area contributed by atoms with Crippen molar-refractivity contribution < 1.29 is 31.1 Å². The first kappa shape index (κ1) is 19.5. The molecule has 140 valence electrons. The predicted molar refractivity (Wildman–Crippen MR) is 78.0 cm³/mol. The predicted octanol–water partition coefficient (Wildman–Crippen LogP) is 2.85. The van der Waals surface area contributed by atoms with E-state index in [1.54, 1.807) is 0 Å². The molecule has 0 atom stereocenters. The van der Waals surface area contributed by atoms with Crippen LogP contribution in [0.3, 0.4) is 0 Å². The van der Waals surface area contributed by atoms with Crippen LogP contribution in [0.15, 0.2) is 35.1 Å². The number of alkyl halides is 6. The van der Waals surface area contributed by atoms with Gasteiger partial charge in [-0.25, -0.2) is 4.68 Å². The smallest absolute Gasteiger partial charge is 0.341 e. The Labute approximate surface area is 142 Å². The lowest BCUT2D eigenvalue weighted by Gasteiger charge is -2.16. The number of halogens is 6. The van der Waals surface area contributed by atoms with Gasteiger partial charge in [0.25, 0.3) is 5.91 Å². The summed E-state index contributed by atoms with van der Waals surface area (Å²) in [6.07, 6.45) is -9.46. The Bertz CT molecular complexity index is 886. The molecule has 0 aliphatic rings. The third kappa shape index (κ3) is 4.41. The molecule has 1 amide bonds. The molecule has 2 rings (SSSR count). The van der Waals surface area contributed by atoms with E-state index in [0.717, 1.165) is 24.3 Å². The van der Waals surface area contributed by atoms with E-state index in [9.17, 15) is 35.9 Å². The largest absolute Gasteiger partial charge is 0.418 e. The van der Waals surface area contributed by atoms with E-state index in [2.05, 4.69) is 5.10 Å². The van der Waals surface area contributed by atoms with Crippen molar-refractivity contribution in [1.29, 1.82) is 0 Å². The van der Waals surface area contributed by atoms with Gasteiger partial charge in [-0.2, -0.15) is 31.4 Å². The zero-order chi connectivity index (χ0) is 19.7. The van der Waals surface area contributed by atoms with Crippen LogP contribution >= 0.6 is 0 Å². The molecule has 0 saturated heterocycles. The normalized spacial score (nSPS) is 12.1. The highest BCUT2D eigenvalue weighted by Gasteiger charge is 2.34. The van der Waals surface area contributed by atoms with Crippen molar-refractivity contribution in [1.82, 2.24) is 15.1 Å². The summed E-state index contributed by atoms with van der Waals surface area (Å²) in [7, 11) is 0. The van der Waals surface area contributed by atoms with Gasteiger partial charge in [0.2, 0.25) is 5.43 Å². The Morgan fingerprint density at radius 2 is 1.77 bits per heavy atom. The number of aromatic nitrogens is 2. The van der Waals surface area contributed by atoms with E-state index in [1.165, 1.54) is 18.3 Å². The van der Waals surface area contributed by atoms with Gasteiger partial charge in [0.05, 0.1) is 11.3 Å². The first-order valence-corrected chi connectivity index (χ1v) is 7.02. The summed E-state index contributed by atoms with van der Waals surface area (Å²) in [5, 5.41) is 5.00. The maximum Gasteiger partial charge on any atom is 0.418 e. The topological polar surface area (TPSA) is 64.0 Å². The fourth-order valence-corrected chi connectivity index (χ4v) is 2.11. The molecule has 1 aromatic heterocycles. The molecule has 0 fully saturated rings. The quantitative estimate of drug-likeness (QED) is 0.835. The summed E-state index contributed by atoms with van der Waals surface area (Å²) in [6, 6.07) is 5.08. The molecule has 2 aromatic rings. The molecular weight excluding hydrogens is 368 g/mol. The van der Waals surface area contributed by atoms with E-state index in [0.29, 0.717) is 4.68 Å². The summed E-state index contributed by atoms with van der Waals surface area (Å²) >= 11 is 0. The Hall–Kier alpha value is -2.85. The van der Waals surface area contributed by atoms with Crippen LogP contribution in [-0.4, -0.2) is 28.4 Å². The molecule has 0 aliphatic carbocycles. The van der Waals surface area contributed by atoms with Crippen LogP contribution in [0.1, 0.15) is 21.7 Å². The van der Waals surface area contributed by atoms with Crippen LogP contribution in [0.2, 0.25) is 0 Å². The lowest BCUT2D eigenvalue weighted by Crippen LogP contribution is -2.37. The summed E-state index contributed by atoms with van der Waals surface area (Å²) in [6.45, 7) is -0.432. The summed E-state index contributed by atoms with van der Waals surface area (Å²) in [4.78, 5) is 23.6. The first-order chi connectivity index (χ1) is 11.9. The van der Waals surface area contributed by atoms with Gasteiger partial charge in [0, 0.05) is 11.8 Å². The maximum absolute atomic E-state index is 13.1. The second kappa shape index (κ2) is 6.81. The molecule has 0 bridgehead atoms. The van der Waals surface area contributed by atoms with Crippen LogP contribution in [-0.2, 0) is 6.18 Å². The van der Waals surface area contributed by atoms with Crippen LogP contribution in [0.25, 0.3) is 5.69 Å². The highest BCUT2D eigenvalue weighted by molar-refractivity contribution is 5.92. The average molecular weight is 379 g/mol. The Balaban J connectivity index is 2.54. The van der Waals surface area contributed by atoms with Crippen LogP contribution in [0, 0.1) is 6.92 Å². The molecule has 0 aliphatic heterocycles. The Morgan fingerprint density at radius 1 is 1.15 bits per heavy atom. The minimum Gasteiger partial charge on any atom is -0.341 e. The standard InChI is InChI=1S/C15H11F6N3O2/c1-8-6-11(25)12(13(26)22-7-14(16,17)18)23-24(8)10-5-3-2-4-9(10)15(19,20)21/h2-6H,7H2,1H3,(H,22,26). The van der Waals surface area contributed by atoms with Crippen molar-refractivity contribution >= 4 is 5.91 Å². The number of para-hydroxylation sites is 1. The SMILES string of the molecule is Cc1cc(=O)c(C(=O)NCC(F)(F)F)nn1-c1ccccc1C(F)(F)F. The number of benzene rings is 1. The maximum atomic E-state index is 13.1. The second-order valence-electron chi connectivity index (χ2n) is 5.22. The zero-order valence-electron chi connectivity index (χ0n) is 13.1. The van der Waals surface area contributed by atoms with E-state index < -0.39 is 47.2 Å². The number of carbonyl (C=O) groups excluding carboxylic acids is 1. The highest BCUT2D eigenvalue weighted by atomic mass is 19.4. The molecule has 26 heavy (non-hydrogen) atoms. The minimum atomic E-state index is -4.74. The fraction of sp³-hybridized carbons (Fsp3) is 0.267. The van der Waals surface area contributed by atoms with Gasteiger partial charge in [-0.05, 0) is 19.1 Å². The van der Waals surface area contributed by atoms with Crippen molar-refractivity contribution in [2.24, 2.45) is 0 Å². The third-order valence-corrected chi connectivity index (χ3v) is 3.21. The van der Waals surface area contributed by atoms with E-state index >= 15 is 0 Å². The molecule has 5 nitrogen and oxygen atoms in total. The summed E-state index contributed by atoms with van der Waals surface area (Å²) < 4.78 is 76.7. The van der Waals surface area contributed by atoms with E-state index in [1.807, 2.05) is 0 Å². The second-order valence-corrected chi connectivity index (χ2v) is 5.22. The third-order valence-electron chi connectivity index (χ3n) is 3.21. The monoisotopic (exact) mass is 379 g/mol. The molecule has 0 radical (unpaired) electrons. The van der Waals surface area contributed by atoms with Crippen LogP contribution < -0.4 is 10.7 Å². The molecule has 0 unspecified atom stereocenters. The highest BCUT2D eigenvalue weighted by Crippen LogP contribution is 2.33. The molecule has 11 heteroatoms. The number of nitrogens with one attached hydrogen (secondary N) is 1.